The van der Waals surface area contributed by atoms with Crippen LogP contribution in [0.1, 0.15) is 16.1 Å². The average molecular weight is 372 g/mol. The van der Waals surface area contributed by atoms with Crippen LogP contribution in [0.25, 0.3) is 0 Å². The molecule has 2 aromatic carbocycles. The van der Waals surface area contributed by atoms with Gasteiger partial charge in [0.2, 0.25) is 0 Å². The predicted octanol–water partition coefficient (Wildman–Crippen LogP) is 5.25. The number of aromatic nitrogens is 1. The summed E-state index contributed by atoms with van der Waals surface area (Å²) in [6.07, 6.45) is 1.59. The number of carbonyl (C=O) groups is 1. The summed E-state index contributed by atoms with van der Waals surface area (Å²) >= 11 is 11.8. The summed E-state index contributed by atoms with van der Waals surface area (Å²) in [6.45, 7) is 0.622. The van der Waals surface area contributed by atoms with Crippen molar-refractivity contribution in [1.29, 1.82) is 0 Å². The Morgan fingerprint density at radius 1 is 0.920 bits per heavy atom. The fraction of sp³-hybridized carbons (Fsp3) is 0.0526. The van der Waals surface area contributed by atoms with Crippen LogP contribution in [0.2, 0.25) is 10.0 Å². The molecule has 3 rings (SSSR count). The first-order valence-corrected chi connectivity index (χ1v) is 8.37. The van der Waals surface area contributed by atoms with Gasteiger partial charge < -0.3 is 10.6 Å². The first-order chi connectivity index (χ1) is 12.1. The third-order valence-electron chi connectivity index (χ3n) is 3.48. The number of anilines is 2. The zero-order valence-electron chi connectivity index (χ0n) is 13.2. The smallest absolute Gasteiger partial charge is 0.274 e. The van der Waals surface area contributed by atoms with Gasteiger partial charge in [0, 0.05) is 34.2 Å². The summed E-state index contributed by atoms with van der Waals surface area (Å²) in [7, 11) is 0. The topological polar surface area (TPSA) is 54.0 Å². The Morgan fingerprint density at radius 3 is 2.48 bits per heavy atom. The maximum atomic E-state index is 12.3. The van der Waals surface area contributed by atoms with E-state index in [0.717, 1.165) is 11.3 Å². The van der Waals surface area contributed by atoms with Gasteiger partial charge in [-0.25, -0.2) is 0 Å². The zero-order chi connectivity index (χ0) is 17.6. The Hall–Kier alpha value is -2.56. The van der Waals surface area contributed by atoms with Gasteiger partial charge in [0.25, 0.3) is 5.91 Å². The number of rotatable bonds is 5. The number of pyridine rings is 1. The molecule has 25 heavy (non-hydrogen) atoms. The quantitative estimate of drug-likeness (QED) is 0.643. The minimum atomic E-state index is -0.294. The molecule has 4 nitrogen and oxygen atoms in total. The lowest BCUT2D eigenvalue weighted by Crippen LogP contribution is -2.14. The molecule has 1 amide bonds. The number of amides is 1. The number of hydrogen-bond donors (Lipinski definition) is 2. The molecule has 0 atom stereocenters. The summed E-state index contributed by atoms with van der Waals surface area (Å²) in [6, 6.07) is 18.1. The van der Waals surface area contributed by atoms with E-state index in [1.165, 1.54) is 0 Å². The molecule has 126 valence electrons. The Bertz CT molecular complexity index is 882. The molecule has 0 fully saturated rings. The van der Waals surface area contributed by atoms with E-state index in [1.807, 2.05) is 30.3 Å². The molecule has 0 unspecified atom stereocenters. The molecule has 6 heteroatoms. The van der Waals surface area contributed by atoms with E-state index in [-0.39, 0.29) is 5.91 Å². The highest BCUT2D eigenvalue weighted by Crippen LogP contribution is 2.17. The van der Waals surface area contributed by atoms with Crippen LogP contribution in [0.3, 0.4) is 0 Å². The second kappa shape index (κ2) is 8.01. The SMILES string of the molecule is O=C(Nc1cccc(Cl)c1)c1cc(NCc2ccc(Cl)cc2)ccn1. The molecule has 0 saturated carbocycles. The predicted molar refractivity (Wildman–Crippen MR) is 102 cm³/mol. The van der Waals surface area contributed by atoms with E-state index < -0.39 is 0 Å². The average Bonchev–Trinajstić information content (AvgIpc) is 2.61. The van der Waals surface area contributed by atoms with Crippen molar-refractivity contribution in [2.75, 3.05) is 10.6 Å². The van der Waals surface area contributed by atoms with E-state index >= 15 is 0 Å². The van der Waals surface area contributed by atoms with Crippen molar-refractivity contribution in [3.8, 4) is 0 Å². The van der Waals surface area contributed by atoms with Gasteiger partial charge in [0.15, 0.2) is 0 Å². The Morgan fingerprint density at radius 2 is 1.72 bits per heavy atom. The van der Waals surface area contributed by atoms with Crippen LogP contribution in [-0.2, 0) is 6.54 Å². The normalized spacial score (nSPS) is 10.3. The molecule has 1 aromatic heterocycles. The minimum absolute atomic E-state index is 0.294. The maximum absolute atomic E-state index is 12.3. The monoisotopic (exact) mass is 371 g/mol. The van der Waals surface area contributed by atoms with Gasteiger partial charge in [-0.1, -0.05) is 41.4 Å². The van der Waals surface area contributed by atoms with Crippen LogP contribution in [-0.4, -0.2) is 10.9 Å². The zero-order valence-corrected chi connectivity index (χ0v) is 14.7. The number of carbonyl (C=O) groups excluding carboxylic acids is 1. The van der Waals surface area contributed by atoms with Crippen LogP contribution in [0, 0.1) is 0 Å². The molecule has 3 aromatic rings. The molecule has 0 saturated heterocycles. The maximum Gasteiger partial charge on any atom is 0.274 e. The lowest BCUT2D eigenvalue weighted by atomic mass is 10.2. The second-order valence-electron chi connectivity index (χ2n) is 5.37. The van der Waals surface area contributed by atoms with E-state index in [0.29, 0.717) is 28.0 Å². The summed E-state index contributed by atoms with van der Waals surface area (Å²) in [4.78, 5) is 16.5. The van der Waals surface area contributed by atoms with Gasteiger partial charge in [0.1, 0.15) is 5.69 Å². The second-order valence-corrected chi connectivity index (χ2v) is 6.25. The largest absolute Gasteiger partial charge is 0.381 e. The Balaban J connectivity index is 1.66. The van der Waals surface area contributed by atoms with Gasteiger partial charge >= 0.3 is 0 Å². The van der Waals surface area contributed by atoms with Crippen molar-refractivity contribution >= 4 is 40.5 Å². The lowest BCUT2D eigenvalue weighted by Gasteiger charge is -2.09. The van der Waals surface area contributed by atoms with Crippen molar-refractivity contribution in [2.24, 2.45) is 0 Å². The highest BCUT2D eigenvalue weighted by Gasteiger charge is 2.09. The highest BCUT2D eigenvalue weighted by atomic mass is 35.5. The number of nitrogens with one attached hydrogen (secondary N) is 2. The van der Waals surface area contributed by atoms with E-state index in [4.69, 9.17) is 23.2 Å². The van der Waals surface area contributed by atoms with Crippen molar-refractivity contribution < 1.29 is 4.79 Å². The Kier molecular flexibility index (Phi) is 5.53. The molecule has 0 aliphatic carbocycles. The summed E-state index contributed by atoms with van der Waals surface area (Å²) in [5.41, 5.74) is 2.84. The molecule has 0 aliphatic heterocycles. The standard InChI is InChI=1S/C19H15Cl2N3O/c20-14-6-4-13(5-7-14)12-23-16-8-9-22-18(11-16)19(25)24-17-3-1-2-15(21)10-17/h1-11H,12H2,(H,22,23)(H,24,25). The summed E-state index contributed by atoms with van der Waals surface area (Å²) in [5, 5.41) is 7.30. The van der Waals surface area contributed by atoms with Crippen molar-refractivity contribution in [3.05, 3.63) is 88.2 Å². The molecular weight excluding hydrogens is 357 g/mol. The van der Waals surface area contributed by atoms with E-state index in [2.05, 4.69) is 15.6 Å². The number of halogens is 2. The fourth-order valence-electron chi connectivity index (χ4n) is 2.23. The van der Waals surface area contributed by atoms with Gasteiger partial charge in [-0.2, -0.15) is 0 Å². The molecular formula is C19H15Cl2N3O. The van der Waals surface area contributed by atoms with Crippen molar-refractivity contribution in [3.63, 3.8) is 0 Å². The number of benzene rings is 2. The number of hydrogen-bond acceptors (Lipinski definition) is 3. The third-order valence-corrected chi connectivity index (χ3v) is 3.97. The molecule has 1 heterocycles. The fourth-order valence-corrected chi connectivity index (χ4v) is 2.55. The summed E-state index contributed by atoms with van der Waals surface area (Å²) in [5.74, 6) is -0.294. The van der Waals surface area contributed by atoms with Crippen LogP contribution in [0.4, 0.5) is 11.4 Å². The van der Waals surface area contributed by atoms with Crippen molar-refractivity contribution in [2.45, 2.75) is 6.54 Å². The molecule has 0 bridgehead atoms. The van der Waals surface area contributed by atoms with Gasteiger partial charge in [-0.05, 0) is 48.0 Å². The number of nitrogens with zero attached hydrogens (tertiary/aromatic N) is 1. The van der Waals surface area contributed by atoms with Crippen LogP contribution < -0.4 is 10.6 Å². The van der Waals surface area contributed by atoms with Gasteiger partial charge in [0.05, 0.1) is 0 Å². The van der Waals surface area contributed by atoms with Gasteiger partial charge in [-0.15, -0.1) is 0 Å². The molecule has 0 spiro atoms. The van der Waals surface area contributed by atoms with Crippen LogP contribution in [0.5, 0.6) is 0 Å². The highest BCUT2D eigenvalue weighted by molar-refractivity contribution is 6.31. The van der Waals surface area contributed by atoms with Gasteiger partial charge in [-0.3, -0.25) is 9.78 Å². The van der Waals surface area contributed by atoms with Crippen LogP contribution in [0.15, 0.2) is 66.9 Å². The first-order valence-electron chi connectivity index (χ1n) is 7.61. The van der Waals surface area contributed by atoms with Crippen LogP contribution >= 0.6 is 23.2 Å². The van der Waals surface area contributed by atoms with Crippen molar-refractivity contribution in [1.82, 2.24) is 4.98 Å². The first kappa shape index (κ1) is 17.3. The summed E-state index contributed by atoms with van der Waals surface area (Å²) < 4.78 is 0. The third kappa shape index (κ3) is 4.95. The molecule has 0 aliphatic rings. The van der Waals surface area contributed by atoms with E-state index in [1.54, 1.807) is 36.5 Å². The molecule has 2 N–H and O–H groups in total. The lowest BCUT2D eigenvalue weighted by molar-refractivity contribution is 0.102. The Labute approximate surface area is 155 Å². The molecule has 0 radical (unpaired) electrons. The minimum Gasteiger partial charge on any atom is -0.381 e. The van der Waals surface area contributed by atoms with E-state index in [9.17, 15) is 4.79 Å².